The van der Waals surface area contributed by atoms with Crippen molar-refractivity contribution in [3.63, 3.8) is 0 Å². The van der Waals surface area contributed by atoms with Crippen LogP contribution in [-0.2, 0) is 6.42 Å². The van der Waals surface area contributed by atoms with Crippen LogP contribution in [0.25, 0.3) is 0 Å². The van der Waals surface area contributed by atoms with Gasteiger partial charge in [-0.15, -0.1) is 0 Å². The van der Waals surface area contributed by atoms with Gasteiger partial charge in [0.25, 0.3) is 11.8 Å². The van der Waals surface area contributed by atoms with Crippen LogP contribution in [0.1, 0.15) is 37.4 Å². The third-order valence-electron chi connectivity index (χ3n) is 4.43. The highest BCUT2D eigenvalue weighted by atomic mass is 16.2. The number of hydrogen-bond acceptors (Lipinski definition) is 2. The summed E-state index contributed by atoms with van der Waals surface area (Å²) in [5.74, 6) is -0.335. The van der Waals surface area contributed by atoms with Crippen molar-refractivity contribution in [1.82, 2.24) is 5.32 Å². The SMILES string of the molecule is Cc1cc(C)cc(NC(=O)c2ccc(C(=O)NCCc3ccccc3)cc2)c1. The molecule has 0 spiro atoms. The number of aryl methyl sites for hydroxylation is 2. The van der Waals surface area contributed by atoms with E-state index < -0.39 is 0 Å². The molecule has 0 bridgehead atoms. The lowest BCUT2D eigenvalue weighted by Crippen LogP contribution is -2.25. The second-order valence-corrected chi connectivity index (χ2v) is 6.90. The number of amides is 2. The van der Waals surface area contributed by atoms with Gasteiger partial charge in [-0.05, 0) is 73.4 Å². The summed E-state index contributed by atoms with van der Waals surface area (Å²) >= 11 is 0. The molecule has 0 aromatic heterocycles. The van der Waals surface area contributed by atoms with E-state index in [2.05, 4.69) is 16.7 Å². The molecule has 28 heavy (non-hydrogen) atoms. The molecule has 142 valence electrons. The van der Waals surface area contributed by atoms with Gasteiger partial charge in [0.1, 0.15) is 0 Å². The number of rotatable bonds is 6. The third kappa shape index (κ3) is 5.30. The Labute approximate surface area is 165 Å². The summed E-state index contributed by atoms with van der Waals surface area (Å²) in [6, 6.07) is 22.6. The molecule has 0 saturated carbocycles. The molecule has 0 heterocycles. The Balaban J connectivity index is 1.56. The van der Waals surface area contributed by atoms with Crippen LogP contribution in [0.4, 0.5) is 5.69 Å². The fourth-order valence-corrected chi connectivity index (χ4v) is 3.09. The Morgan fingerprint density at radius 2 is 1.32 bits per heavy atom. The van der Waals surface area contributed by atoms with Crippen LogP contribution >= 0.6 is 0 Å². The Morgan fingerprint density at radius 3 is 1.93 bits per heavy atom. The van der Waals surface area contributed by atoms with Crippen LogP contribution in [0.5, 0.6) is 0 Å². The van der Waals surface area contributed by atoms with Crippen molar-refractivity contribution in [1.29, 1.82) is 0 Å². The van der Waals surface area contributed by atoms with Crippen LogP contribution in [0.3, 0.4) is 0 Å². The standard InChI is InChI=1S/C24H24N2O2/c1-17-14-18(2)16-22(15-17)26-24(28)21-10-8-20(9-11-21)23(27)25-13-12-19-6-4-3-5-7-19/h3-11,14-16H,12-13H2,1-2H3,(H,25,27)(H,26,28). The van der Waals surface area contributed by atoms with Gasteiger partial charge < -0.3 is 10.6 Å². The van der Waals surface area contributed by atoms with E-state index in [-0.39, 0.29) is 11.8 Å². The van der Waals surface area contributed by atoms with Crippen molar-refractivity contribution in [2.24, 2.45) is 0 Å². The molecule has 2 N–H and O–H groups in total. The lowest BCUT2D eigenvalue weighted by atomic mass is 10.1. The Kier molecular flexibility index (Phi) is 6.22. The molecule has 4 nitrogen and oxygen atoms in total. The van der Waals surface area contributed by atoms with Gasteiger partial charge in [-0.3, -0.25) is 9.59 Å². The Morgan fingerprint density at radius 1 is 0.750 bits per heavy atom. The first-order chi connectivity index (χ1) is 13.5. The summed E-state index contributed by atoms with van der Waals surface area (Å²) in [6.07, 6.45) is 0.781. The number of nitrogens with one attached hydrogen (secondary N) is 2. The van der Waals surface area contributed by atoms with Crippen molar-refractivity contribution in [3.8, 4) is 0 Å². The molecule has 0 aliphatic rings. The lowest BCUT2D eigenvalue weighted by Gasteiger charge is -2.09. The normalized spacial score (nSPS) is 10.4. The summed E-state index contributed by atoms with van der Waals surface area (Å²) in [4.78, 5) is 24.7. The minimum Gasteiger partial charge on any atom is -0.352 e. The molecule has 3 rings (SSSR count). The van der Waals surface area contributed by atoms with E-state index in [4.69, 9.17) is 0 Å². The topological polar surface area (TPSA) is 58.2 Å². The molecule has 4 heteroatoms. The number of carbonyl (C=O) groups excluding carboxylic acids is 2. The van der Waals surface area contributed by atoms with Crippen LogP contribution < -0.4 is 10.6 Å². The Bertz CT molecular complexity index is 943. The maximum absolute atomic E-state index is 12.4. The maximum atomic E-state index is 12.4. The predicted octanol–water partition coefficient (Wildman–Crippen LogP) is 4.53. The molecule has 3 aromatic rings. The second-order valence-electron chi connectivity index (χ2n) is 6.90. The van der Waals surface area contributed by atoms with Gasteiger partial charge in [0.2, 0.25) is 0 Å². The van der Waals surface area contributed by atoms with Gasteiger partial charge >= 0.3 is 0 Å². The number of benzene rings is 3. The van der Waals surface area contributed by atoms with Gasteiger partial charge in [0.15, 0.2) is 0 Å². The minimum absolute atomic E-state index is 0.141. The monoisotopic (exact) mass is 372 g/mol. The largest absolute Gasteiger partial charge is 0.352 e. The molecule has 0 fully saturated rings. The zero-order valence-electron chi connectivity index (χ0n) is 16.2. The van der Waals surface area contributed by atoms with Crippen LogP contribution in [0, 0.1) is 13.8 Å². The number of carbonyl (C=O) groups is 2. The summed E-state index contributed by atoms with van der Waals surface area (Å²) in [5, 5.41) is 5.81. The zero-order valence-corrected chi connectivity index (χ0v) is 16.2. The average Bonchev–Trinajstić information content (AvgIpc) is 2.68. The van der Waals surface area contributed by atoms with E-state index in [1.54, 1.807) is 24.3 Å². The number of anilines is 1. The van der Waals surface area contributed by atoms with Crippen molar-refractivity contribution < 1.29 is 9.59 Å². The molecule has 2 amide bonds. The first-order valence-electron chi connectivity index (χ1n) is 9.33. The second kappa shape index (κ2) is 9.00. The molecule has 0 radical (unpaired) electrons. The van der Waals surface area contributed by atoms with E-state index in [9.17, 15) is 9.59 Å². The predicted molar refractivity (Wildman–Crippen MR) is 113 cm³/mol. The first-order valence-corrected chi connectivity index (χ1v) is 9.33. The molecular weight excluding hydrogens is 348 g/mol. The maximum Gasteiger partial charge on any atom is 0.255 e. The lowest BCUT2D eigenvalue weighted by molar-refractivity contribution is 0.0952. The van der Waals surface area contributed by atoms with E-state index >= 15 is 0 Å². The Hall–Kier alpha value is -3.40. The van der Waals surface area contributed by atoms with Gasteiger partial charge in [0, 0.05) is 23.4 Å². The van der Waals surface area contributed by atoms with Gasteiger partial charge in [-0.1, -0.05) is 36.4 Å². The van der Waals surface area contributed by atoms with Gasteiger partial charge in [-0.2, -0.15) is 0 Å². The molecule has 0 aliphatic carbocycles. The molecule has 0 unspecified atom stereocenters. The molecule has 0 aliphatic heterocycles. The van der Waals surface area contributed by atoms with E-state index in [1.165, 1.54) is 5.56 Å². The van der Waals surface area contributed by atoms with E-state index in [1.807, 2.05) is 56.3 Å². The van der Waals surface area contributed by atoms with Gasteiger partial charge in [-0.25, -0.2) is 0 Å². The van der Waals surface area contributed by atoms with Crippen molar-refractivity contribution in [2.75, 3.05) is 11.9 Å². The molecule has 0 saturated heterocycles. The third-order valence-corrected chi connectivity index (χ3v) is 4.43. The smallest absolute Gasteiger partial charge is 0.255 e. The fourth-order valence-electron chi connectivity index (χ4n) is 3.09. The molecular formula is C24H24N2O2. The average molecular weight is 372 g/mol. The summed E-state index contributed by atoms with van der Waals surface area (Å²) in [7, 11) is 0. The highest BCUT2D eigenvalue weighted by Crippen LogP contribution is 2.15. The van der Waals surface area contributed by atoms with E-state index in [0.29, 0.717) is 17.7 Å². The summed E-state index contributed by atoms with van der Waals surface area (Å²) in [5.41, 5.74) is 5.19. The quantitative estimate of drug-likeness (QED) is 0.668. The first kappa shape index (κ1) is 19.4. The van der Waals surface area contributed by atoms with Crippen LogP contribution in [0.2, 0.25) is 0 Å². The minimum atomic E-state index is -0.193. The van der Waals surface area contributed by atoms with Crippen molar-refractivity contribution in [3.05, 3.63) is 101 Å². The highest BCUT2D eigenvalue weighted by Gasteiger charge is 2.09. The van der Waals surface area contributed by atoms with Crippen LogP contribution in [0.15, 0.2) is 72.8 Å². The van der Waals surface area contributed by atoms with Crippen LogP contribution in [-0.4, -0.2) is 18.4 Å². The zero-order chi connectivity index (χ0) is 19.9. The summed E-state index contributed by atoms with van der Waals surface area (Å²) in [6.45, 7) is 4.56. The van der Waals surface area contributed by atoms with Crippen molar-refractivity contribution in [2.45, 2.75) is 20.3 Å². The van der Waals surface area contributed by atoms with E-state index in [0.717, 1.165) is 23.2 Å². The fraction of sp³-hybridized carbons (Fsp3) is 0.167. The summed E-state index contributed by atoms with van der Waals surface area (Å²) < 4.78 is 0. The van der Waals surface area contributed by atoms with Crippen molar-refractivity contribution >= 4 is 17.5 Å². The molecule has 3 aromatic carbocycles. The number of hydrogen-bond donors (Lipinski definition) is 2. The van der Waals surface area contributed by atoms with Gasteiger partial charge in [0.05, 0.1) is 0 Å². The molecule has 0 atom stereocenters. The highest BCUT2D eigenvalue weighted by molar-refractivity contribution is 6.05.